The lowest BCUT2D eigenvalue weighted by Crippen LogP contribution is -2.12. The van der Waals surface area contributed by atoms with E-state index in [9.17, 15) is 36.2 Å². The van der Waals surface area contributed by atoms with Crippen LogP contribution in [0.2, 0.25) is 0 Å². The van der Waals surface area contributed by atoms with Crippen molar-refractivity contribution in [2.24, 2.45) is 0 Å². The maximum atomic E-state index is 12.8. The Morgan fingerprint density at radius 1 is 1.04 bits per heavy atom. The average Bonchev–Trinajstić information content (AvgIpc) is 2.51. The second-order valence-corrected chi connectivity index (χ2v) is 5.01. The lowest BCUT2D eigenvalue weighted by atomic mass is 10.1. The summed E-state index contributed by atoms with van der Waals surface area (Å²) < 4.78 is 81.7. The van der Waals surface area contributed by atoms with Crippen LogP contribution in [0.25, 0.3) is 0 Å². The number of halogens is 6. The number of pyridine rings is 1. The molecule has 0 aliphatic heterocycles. The molecule has 5 nitrogen and oxygen atoms in total. The predicted octanol–water partition coefficient (Wildman–Crippen LogP) is 4.10. The number of hydrogen-bond acceptors (Lipinski definition) is 4. The molecule has 140 valence electrons. The fourth-order valence-electron chi connectivity index (χ4n) is 1.97. The molecule has 0 fully saturated rings. The number of aromatic nitrogens is 1. The van der Waals surface area contributed by atoms with Crippen LogP contribution >= 0.6 is 0 Å². The van der Waals surface area contributed by atoms with Crippen molar-refractivity contribution in [2.45, 2.75) is 19.0 Å². The van der Waals surface area contributed by atoms with Gasteiger partial charge < -0.3 is 14.9 Å². The maximum Gasteiger partial charge on any atom is 0.416 e. The first-order valence-corrected chi connectivity index (χ1v) is 6.72. The van der Waals surface area contributed by atoms with Crippen LogP contribution in [0.1, 0.15) is 27.2 Å². The molecule has 0 saturated carbocycles. The Bertz CT molecular complexity index is 800. The Morgan fingerprint density at radius 2 is 1.58 bits per heavy atom. The Kier molecular flexibility index (Phi) is 5.01. The van der Waals surface area contributed by atoms with E-state index in [1.165, 1.54) is 0 Å². The summed E-state index contributed by atoms with van der Waals surface area (Å²) in [4.78, 5) is 14.2. The molecule has 0 amide bonds. The fraction of sp³-hybridized carbons (Fsp3) is 0.200. The van der Waals surface area contributed by atoms with Gasteiger partial charge in [0.2, 0.25) is 0 Å². The molecule has 11 heteroatoms. The number of carboxylic acids is 1. The Labute approximate surface area is 141 Å². The van der Waals surface area contributed by atoms with E-state index in [1.54, 1.807) is 0 Å². The predicted molar refractivity (Wildman–Crippen MR) is 73.6 cm³/mol. The Hall–Kier alpha value is -2.98. The molecule has 1 heterocycles. The van der Waals surface area contributed by atoms with Crippen LogP contribution in [-0.4, -0.2) is 21.2 Å². The van der Waals surface area contributed by atoms with E-state index >= 15 is 0 Å². The minimum atomic E-state index is -5.01. The van der Waals surface area contributed by atoms with Gasteiger partial charge in [-0.3, -0.25) is 0 Å². The number of rotatable bonds is 4. The molecule has 0 spiro atoms. The third kappa shape index (κ3) is 4.35. The molecule has 2 aromatic rings. The van der Waals surface area contributed by atoms with Gasteiger partial charge >= 0.3 is 18.3 Å². The topological polar surface area (TPSA) is 79.7 Å². The van der Waals surface area contributed by atoms with Crippen LogP contribution in [0.4, 0.5) is 26.3 Å². The minimum Gasteiger partial charge on any atom is -0.503 e. The Morgan fingerprint density at radius 3 is 2.04 bits per heavy atom. The molecule has 1 aromatic carbocycles. The van der Waals surface area contributed by atoms with E-state index in [0.717, 1.165) is 12.3 Å². The smallest absolute Gasteiger partial charge is 0.416 e. The normalized spacial score (nSPS) is 12.1. The van der Waals surface area contributed by atoms with Crippen LogP contribution in [0.15, 0.2) is 30.5 Å². The molecule has 0 aliphatic rings. The van der Waals surface area contributed by atoms with Crippen LogP contribution in [-0.2, 0) is 19.0 Å². The number of alkyl halides is 6. The van der Waals surface area contributed by atoms with E-state index in [-0.39, 0.29) is 6.07 Å². The molecule has 26 heavy (non-hydrogen) atoms. The number of nitrogens with zero attached hydrogens (tertiary/aromatic N) is 1. The molecule has 0 unspecified atom stereocenters. The van der Waals surface area contributed by atoms with Gasteiger partial charge in [0.25, 0.3) is 0 Å². The number of aromatic carboxylic acids is 1. The third-order valence-corrected chi connectivity index (χ3v) is 3.13. The van der Waals surface area contributed by atoms with Crippen molar-refractivity contribution in [1.82, 2.24) is 4.98 Å². The quantitative estimate of drug-likeness (QED) is 0.780. The van der Waals surface area contributed by atoms with Crippen LogP contribution in [0, 0.1) is 0 Å². The summed E-state index contributed by atoms with van der Waals surface area (Å²) >= 11 is 0. The maximum absolute atomic E-state index is 12.8. The lowest BCUT2D eigenvalue weighted by molar-refractivity contribution is -0.143. The van der Waals surface area contributed by atoms with E-state index in [2.05, 4.69) is 4.98 Å². The largest absolute Gasteiger partial charge is 0.503 e. The first-order valence-electron chi connectivity index (χ1n) is 6.72. The molecule has 0 bridgehead atoms. The number of hydrogen-bond donors (Lipinski definition) is 2. The van der Waals surface area contributed by atoms with Gasteiger partial charge in [0.05, 0.1) is 11.1 Å². The fourth-order valence-corrected chi connectivity index (χ4v) is 1.97. The van der Waals surface area contributed by atoms with Gasteiger partial charge in [-0.05, 0) is 23.8 Å². The average molecular weight is 381 g/mol. The van der Waals surface area contributed by atoms with Crippen molar-refractivity contribution in [3.05, 3.63) is 52.8 Å². The van der Waals surface area contributed by atoms with Gasteiger partial charge in [0.15, 0.2) is 17.2 Å². The van der Waals surface area contributed by atoms with Crippen molar-refractivity contribution in [2.75, 3.05) is 0 Å². The van der Waals surface area contributed by atoms with Gasteiger partial charge in [-0.15, -0.1) is 0 Å². The zero-order valence-electron chi connectivity index (χ0n) is 12.5. The second kappa shape index (κ2) is 6.73. The highest BCUT2D eigenvalue weighted by atomic mass is 19.4. The standard InChI is InChI=1S/C15H9F6NO4/c16-14(17,18)8-3-7(4-9(5-8)15(19,20)21)6-26-10-1-2-22-11(12(10)23)13(24)25/h1-5,23H,6H2,(H,24,25). The highest BCUT2D eigenvalue weighted by Gasteiger charge is 2.36. The summed E-state index contributed by atoms with van der Waals surface area (Å²) in [5.74, 6) is -2.95. The van der Waals surface area contributed by atoms with Gasteiger partial charge in [-0.25, -0.2) is 9.78 Å². The minimum absolute atomic E-state index is 0.0318. The van der Waals surface area contributed by atoms with Crippen molar-refractivity contribution in [1.29, 1.82) is 0 Å². The monoisotopic (exact) mass is 381 g/mol. The molecule has 0 atom stereocenters. The van der Waals surface area contributed by atoms with Gasteiger partial charge in [0, 0.05) is 12.3 Å². The van der Waals surface area contributed by atoms with Crippen molar-refractivity contribution < 1.29 is 46.1 Å². The second-order valence-electron chi connectivity index (χ2n) is 5.01. The number of carboxylic acid groups (broad SMARTS) is 1. The van der Waals surface area contributed by atoms with Crippen LogP contribution in [0.3, 0.4) is 0 Å². The molecule has 0 radical (unpaired) electrons. The van der Waals surface area contributed by atoms with E-state index < -0.39 is 58.8 Å². The summed E-state index contributed by atoms with van der Waals surface area (Å²) in [6, 6.07) is 1.91. The number of ether oxygens (including phenoxy) is 1. The highest BCUT2D eigenvalue weighted by molar-refractivity contribution is 5.89. The highest BCUT2D eigenvalue weighted by Crippen LogP contribution is 2.37. The van der Waals surface area contributed by atoms with Crippen molar-refractivity contribution in [3.8, 4) is 11.5 Å². The van der Waals surface area contributed by atoms with E-state index in [0.29, 0.717) is 12.1 Å². The zero-order valence-corrected chi connectivity index (χ0v) is 12.5. The van der Waals surface area contributed by atoms with E-state index in [1.807, 2.05) is 0 Å². The zero-order chi connectivity index (χ0) is 19.7. The van der Waals surface area contributed by atoms with Gasteiger partial charge in [-0.2, -0.15) is 26.3 Å². The number of aromatic hydroxyl groups is 1. The van der Waals surface area contributed by atoms with Gasteiger partial charge in [0.1, 0.15) is 6.61 Å². The molecular weight excluding hydrogens is 372 g/mol. The summed E-state index contributed by atoms with van der Waals surface area (Å²) in [5.41, 5.74) is -4.28. The van der Waals surface area contributed by atoms with Crippen LogP contribution in [0.5, 0.6) is 11.5 Å². The number of benzene rings is 1. The molecule has 0 aliphatic carbocycles. The first-order chi connectivity index (χ1) is 11.9. The summed E-state index contributed by atoms with van der Waals surface area (Å²) in [6.07, 6.45) is -9.07. The molecule has 2 rings (SSSR count). The molecule has 1 aromatic heterocycles. The van der Waals surface area contributed by atoms with E-state index in [4.69, 9.17) is 9.84 Å². The first kappa shape index (κ1) is 19.3. The summed E-state index contributed by atoms with van der Waals surface area (Å²) in [7, 11) is 0. The Balaban J connectivity index is 2.35. The van der Waals surface area contributed by atoms with Crippen LogP contribution < -0.4 is 4.74 Å². The molecule has 2 N–H and O–H groups in total. The number of carbonyl (C=O) groups is 1. The summed E-state index contributed by atoms with van der Waals surface area (Å²) in [5, 5.41) is 18.5. The SMILES string of the molecule is O=C(O)c1nccc(OCc2cc(C(F)(F)F)cc(C(F)(F)F)c2)c1O. The van der Waals surface area contributed by atoms with Crippen molar-refractivity contribution in [3.63, 3.8) is 0 Å². The van der Waals surface area contributed by atoms with Gasteiger partial charge in [-0.1, -0.05) is 0 Å². The molecular formula is C15H9F6NO4. The lowest BCUT2D eigenvalue weighted by Gasteiger charge is -2.15. The summed E-state index contributed by atoms with van der Waals surface area (Å²) in [6.45, 7) is -0.774. The molecule has 0 saturated heterocycles. The van der Waals surface area contributed by atoms with Crippen molar-refractivity contribution >= 4 is 5.97 Å². The third-order valence-electron chi connectivity index (χ3n) is 3.13.